The van der Waals surface area contributed by atoms with Crippen molar-refractivity contribution in [3.63, 3.8) is 0 Å². The van der Waals surface area contributed by atoms with Crippen LogP contribution in [0, 0.1) is 19.8 Å². The Morgan fingerprint density at radius 3 is 2.73 bits per heavy atom. The third-order valence-electron chi connectivity index (χ3n) is 3.92. The molecule has 3 heterocycles. The van der Waals surface area contributed by atoms with Crippen molar-refractivity contribution in [3.8, 4) is 0 Å². The van der Waals surface area contributed by atoms with Gasteiger partial charge in [-0.25, -0.2) is 0 Å². The maximum Gasteiger partial charge on any atom is 0.0637 e. The first-order valence-electron chi connectivity index (χ1n) is 5.76. The molecule has 1 aromatic heterocycles. The normalized spacial score (nSPS) is 33.6. The number of piperidine rings is 1. The summed E-state index contributed by atoms with van der Waals surface area (Å²) < 4.78 is 0. The lowest BCUT2D eigenvalue weighted by molar-refractivity contribution is 0.343. The van der Waals surface area contributed by atoms with Crippen molar-refractivity contribution in [2.75, 3.05) is 19.6 Å². The van der Waals surface area contributed by atoms with Crippen LogP contribution in [0.1, 0.15) is 29.4 Å². The van der Waals surface area contributed by atoms with Crippen LogP contribution in [-0.4, -0.2) is 34.5 Å². The Labute approximate surface area is 90.5 Å². The van der Waals surface area contributed by atoms with Crippen LogP contribution >= 0.6 is 0 Å². The summed E-state index contributed by atoms with van der Waals surface area (Å²) in [5.41, 5.74) is 3.36. The van der Waals surface area contributed by atoms with E-state index in [1.165, 1.54) is 31.7 Å². The summed E-state index contributed by atoms with van der Waals surface area (Å²) in [4.78, 5) is 11.7. The summed E-state index contributed by atoms with van der Waals surface area (Å²) in [6, 6.07) is 0. The van der Waals surface area contributed by atoms with Crippen LogP contribution in [0.15, 0.2) is 6.20 Å². The molecule has 15 heavy (non-hydrogen) atoms. The maximum atomic E-state index is 4.68. The molecule has 1 aromatic rings. The van der Waals surface area contributed by atoms with Gasteiger partial charge in [-0.1, -0.05) is 0 Å². The van der Waals surface area contributed by atoms with Crippen LogP contribution in [-0.2, 0) is 0 Å². The highest BCUT2D eigenvalue weighted by atomic mass is 15.2. The Morgan fingerprint density at radius 2 is 2.13 bits per heavy atom. The molecule has 3 nitrogen and oxygen atoms in total. The Kier molecular flexibility index (Phi) is 2.02. The van der Waals surface area contributed by atoms with Gasteiger partial charge in [0, 0.05) is 25.2 Å². The molecular weight excluding hydrogens is 186 g/mol. The van der Waals surface area contributed by atoms with E-state index in [4.69, 9.17) is 0 Å². The highest BCUT2D eigenvalue weighted by molar-refractivity contribution is 5.17. The molecule has 3 rings (SSSR count). The number of nitrogens with zero attached hydrogens (tertiary/aromatic N) is 3. The van der Waals surface area contributed by atoms with E-state index in [0.29, 0.717) is 5.92 Å². The van der Waals surface area contributed by atoms with E-state index in [0.717, 1.165) is 17.3 Å². The number of rotatable bonds is 1. The molecule has 3 atom stereocenters. The van der Waals surface area contributed by atoms with Gasteiger partial charge in [-0.05, 0) is 32.7 Å². The van der Waals surface area contributed by atoms with E-state index in [9.17, 15) is 0 Å². The zero-order valence-corrected chi connectivity index (χ0v) is 9.40. The average Bonchev–Trinajstić information content (AvgIpc) is 2.83. The van der Waals surface area contributed by atoms with E-state index >= 15 is 0 Å². The minimum atomic E-state index is 0.644. The monoisotopic (exact) mass is 203 g/mol. The summed E-state index contributed by atoms with van der Waals surface area (Å²) in [6.45, 7) is 7.84. The van der Waals surface area contributed by atoms with Gasteiger partial charge in [0.1, 0.15) is 0 Å². The Bertz CT molecular complexity index is 388. The van der Waals surface area contributed by atoms with E-state index in [1.54, 1.807) is 0 Å². The third kappa shape index (κ3) is 1.46. The molecule has 0 N–H and O–H groups in total. The minimum absolute atomic E-state index is 0.644. The first kappa shape index (κ1) is 9.28. The van der Waals surface area contributed by atoms with Crippen molar-refractivity contribution in [2.45, 2.75) is 26.2 Å². The van der Waals surface area contributed by atoms with Gasteiger partial charge >= 0.3 is 0 Å². The van der Waals surface area contributed by atoms with Gasteiger partial charge in [0.15, 0.2) is 0 Å². The summed E-state index contributed by atoms with van der Waals surface area (Å²) in [6.07, 6.45) is 3.33. The topological polar surface area (TPSA) is 29.0 Å². The van der Waals surface area contributed by atoms with E-state index in [2.05, 4.69) is 21.8 Å². The Morgan fingerprint density at radius 1 is 1.27 bits per heavy atom. The number of hydrogen-bond acceptors (Lipinski definition) is 3. The molecule has 2 bridgehead atoms. The van der Waals surface area contributed by atoms with Crippen LogP contribution < -0.4 is 0 Å². The molecule has 80 valence electrons. The number of aromatic nitrogens is 2. The van der Waals surface area contributed by atoms with Crippen molar-refractivity contribution in [1.82, 2.24) is 14.9 Å². The van der Waals surface area contributed by atoms with Crippen molar-refractivity contribution in [1.29, 1.82) is 0 Å². The first-order valence-corrected chi connectivity index (χ1v) is 5.76. The minimum Gasteiger partial charge on any atom is -0.302 e. The fraction of sp³-hybridized carbons (Fsp3) is 0.667. The summed E-state index contributed by atoms with van der Waals surface area (Å²) in [5.74, 6) is 1.48. The second kappa shape index (κ2) is 3.27. The Hall–Kier alpha value is -0.960. The molecule has 2 aliphatic rings. The largest absolute Gasteiger partial charge is 0.302 e. The molecule has 2 saturated heterocycles. The van der Waals surface area contributed by atoms with Crippen molar-refractivity contribution >= 4 is 0 Å². The summed E-state index contributed by atoms with van der Waals surface area (Å²) in [5, 5.41) is 0. The molecule has 3 heteroatoms. The third-order valence-corrected chi connectivity index (χ3v) is 3.92. The Balaban J connectivity index is 1.90. The van der Waals surface area contributed by atoms with Crippen LogP contribution in [0.25, 0.3) is 0 Å². The van der Waals surface area contributed by atoms with Gasteiger partial charge < -0.3 is 4.90 Å². The summed E-state index contributed by atoms with van der Waals surface area (Å²) >= 11 is 0. The highest BCUT2D eigenvalue weighted by Crippen LogP contribution is 2.38. The fourth-order valence-electron chi connectivity index (χ4n) is 2.86. The standard InChI is InChI=1S/C12H17N3/c1-8-9(2)14-12(5-13-8)11-7-15-4-3-10(11)6-15/h5,10-11H,3-4,6-7H2,1-2H3/t10?,11-/m0/s1. The lowest BCUT2D eigenvalue weighted by Crippen LogP contribution is -2.23. The van der Waals surface area contributed by atoms with Gasteiger partial charge in [0.05, 0.1) is 17.1 Å². The number of fused-ring (bicyclic) bond motifs is 2. The van der Waals surface area contributed by atoms with E-state index in [1.807, 2.05) is 13.1 Å². The van der Waals surface area contributed by atoms with Crippen molar-refractivity contribution < 1.29 is 0 Å². The quantitative estimate of drug-likeness (QED) is 0.693. The molecule has 0 amide bonds. The zero-order chi connectivity index (χ0) is 10.4. The average molecular weight is 203 g/mol. The lowest BCUT2D eigenvalue weighted by Gasteiger charge is -2.21. The van der Waals surface area contributed by atoms with Crippen LogP contribution in [0.2, 0.25) is 0 Å². The van der Waals surface area contributed by atoms with E-state index in [-0.39, 0.29) is 0 Å². The molecule has 0 spiro atoms. The number of hydrogen-bond donors (Lipinski definition) is 0. The van der Waals surface area contributed by atoms with Crippen molar-refractivity contribution in [3.05, 3.63) is 23.3 Å². The SMILES string of the molecule is Cc1ncc([C@H]2CN3CCC2C3)nc1C. The van der Waals surface area contributed by atoms with Crippen LogP contribution in [0.3, 0.4) is 0 Å². The molecule has 0 aromatic carbocycles. The first-order chi connectivity index (χ1) is 7.24. The predicted molar refractivity (Wildman–Crippen MR) is 58.8 cm³/mol. The van der Waals surface area contributed by atoms with Crippen molar-refractivity contribution in [2.24, 2.45) is 5.92 Å². The van der Waals surface area contributed by atoms with Crippen LogP contribution in [0.5, 0.6) is 0 Å². The second-order valence-electron chi connectivity index (χ2n) is 4.88. The van der Waals surface area contributed by atoms with Gasteiger partial charge in [0.25, 0.3) is 0 Å². The zero-order valence-electron chi connectivity index (χ0n) is 9.40. The molecule has 0 radical (unpaired) electrons. The van der Waals surface area contributed by atoms with Gasteiger partial charge in [-0.15, -0.1) is 0 Å². The summed E-state index contributed by atoms with van der Waals surface area (Å²) in [7, 11) is 0. The van der Waals surface area contributed by atoms with Crippen LogP contribution in [0.4, 0.5) is 0 Å². The fourth-order valence-corrected chi connectivity index (χ4v) is 2.86. The second-order valence-corrected chi connectivity index (χ2v) is 4.88. The lowest BCUT2D eigenvalue weighted by atomic mass is 9.90. The molecule has 2 unspecified atom stereocenters. The molecule has 2 fully saturated rings. The van der Waals surface area contributed by atoms with Gasteiger partial charge in [0.2, 0.25) is 0 Å². The molecule has 2 aliphatic heterocycles. The molecule has 0 saturated carbocycles. The number of aryl methyl sites for hydroxylation is 2. The maximum absolute atomic E-state index is 4.68. The predicted octanol–water partition coefficient (Wildman–Crippen LogP) is 1.51. The molecular formula is C12H17N3. The highest BCUT2D eigenvalue weighted by Gasteiger charge is 2.39. The molecule has 0 aliphatic carbocycles. The van der Waals surface area contributed by atoms with E-state index < -0.39 is 0 Å². The van der Waals surface area contributed by atoms with Gasteiger partial charge in [-0.2, -0.15) is 0 Å². The smallest absolute Gasteiger partial charge is 0.0637 e. The van der Waals surface area contributed by atoms with Gasteiger partial charge in [-0.3, -0.25) is 9.97 Å².